The maximum absolute atomic E-state index is 5.45. The summed E-state index contributed by atoms with van der Waals surface area (Å²) in [6.07, 6.45) is 11.0. The van der Waals surface area contributed by atoms with Gasteiger partial charge in [-0.2, -0.15) is 0 Å². The maximum Gasteiger partial charge on any atom is 0.115 e. The zero-order chi connectivity index (χ0) is 10.2. The lowest BCUT2D eigenvalue weighted by molar-refractivity contribution is 0.152. The smallest absolute Gasteiger partial charge is 0.115 e. The minimum absolute atomic E-state index is 0.242. The van der Waals surface area contributed by atoms with Crippen LogP contribution >= 0.6 is 11.8 Å². The number of hydrogen-bond donors (Lipinski definition) is 0. The first-order chi connectivity index (χ1) is 6.83. The number of nitrogens with zero attached hydrogens (tertiary/aromatic N) is 2. The Morgan fingerprint density at radius 2 is 2.21 bits per heavy atom. The molecule has 0 amide bonds. The first-order valence-electron chi connectivity index (χ1n) is 4.39. The van der Waals surface area contributed by atoms with Crippen LogP contribution < -0.4 is 0 Å². The van der Waals surface area contributed by atoms with Crippen molar-refractivity contribution in [2.45, 2.75) is 12.4 Å². The van der Waals surface area contributed by atoms with Crippen LogP contribution in [0, 0.1) is 0 Å². The fraction of sp³-hybridized carbons (Fsp3) is 0.400. The molecule has 1 aromatic rings. The van der Waals surface area contributed by atoms with Gasteiger partial charge in [-0.3, -0.25) is 0 Å². The molecular weight excluding hydrogens is 196 g/mol. The Hall–Kier alpha value is -0.870. The molecule has 1 aromatic heterocycles. The van der Waals surface area contributed by atoms with E-state index in [9.17, 15) is 0 Å². The summed E-state index contributed by atoms with van der Waals surface area (Å²) in [5.41, 5.74) is 1.24. The molecule has 1 atom stereocenters. The molecule has 0 saturated carbocycles. The Bertz CT molecular complexity index is 277. The van der Waals surface area contributed by atoms with E-state index in [2.05, 4.69) is 9.97 Å². The van der Waals surface area contributed by atoms with Gasteiger partial charge >= 0.3 is 0 Å². The molecule has 4 heteroatoms. The number of thioether (sulfide) groups is 1. The van der Waals surface area contributed by atoms with Crippen LogP contribution in [0.25, 0.3) is 6.08 Å². The molecule has 0 N–H and O–H groups in total. The molecule has 0 fully saturated rings. The van der Waals surface area contributed by atoms with Crippen LogP contribution in [-0.4, -0.2) is 28.3 Å². The molecule has 3 nitrogen and oxygen atoms in total. The van der Waals surface area contributed by atoms with Crippen LogP contribution in [0.5, 0.6) is 0 Å². The van der Waals surface area contributed by atoms with Crippen molar-refractivity contribution < 1.29 is 4.74 Å². The number of hydrogen-bond acceptors (Lipinski definition) is 4. The summed E-state index contributed by atoms with van der Waals surface area (Å²) in [7, 11) is 0. The van der Waals surface area contributed by atoms with E-state index in [1.165, 1.54) is 6.33 Å². The highest BCUT2D eigenvalue weighted by atomic mass is 32.2. The molecule has 0 aliphatic heterocycles. The van der Waals surface area contributed by atoms with Gasteiger partial charge in [0, 0.05) is 18.0 Å². The van der Waals surface area contributed by atoms with Crippen LogP contribution in [0.15, 0.2) is 24.8 Å². The summed E-state index contributed by atoms with van der Waals surface area (Å²) in [5.74, 6) is 0. The predicted octanol–water partition coefficient (Wildman–Crippen LogP) is 2.22. The predicted molar refractivity (Wildman–Crippen MR) is 60.0 cm³/mol. The monoisotopic (exact) mass is 210 g/mol. The van der Waals surface area contributed by atoms with Crippen molar-refractivity contribution in [1.82, 2.24) is 9.97 Å². The van der Waals surface area contributed by atoms with Crippen LogP contribution in [0.2, 0.25) is 0 Å². The average Bonchev–Trinajstić information content (AvgIpc) is 2.25. The minimum Gasteiger partial charge on any atom is -0.364 e. The first-order valence-corrected chi connectivity index (χ1v) is 5.67. The second kappa shape index (κ2) is 6.56. The van der Waals surface area contributed by atoms with Gasteiger partial charge < -0.3 is 4.74 Å². The molecule has 76 valence electrons. The van der Waals surface area contributed by atoms with Crippen molar-refractivity contribution >= 4 is 17.8 Å². The molecule has 0 radical (unpaired) electrons. The topological polar surface area (TPSA) is 35.0 Å². The average molecular weight is 210 g/mol. The molecule has 1 unspecified atom stereocenters. The number of aromatic nitrogens is 2. The lowest BCUT2D eigenvalue weighted by Gasteiger charge is -2.06. The van der Waals surface area contributed by atoms with E-state index in [0.29, 0.717) is 6.61 Å². The molecule has 0 aliphatic carbocycles. The Labute approximate surface area is 88.6 Å². The van der Waals surface area contributed by atoms with E-state index >= 15 is 0 Å². The van der Waals surface area contributed by atoms with Gasteiger partial charge in [0.15, 0.2) is 0 Å². The van der Waals surface area contributed by atoms with E-state index < -0.39 is 0 Å². The molecule has 0 spiro atoms. The largest absolute Gasteiger partial charge is 0.364 e. The van der Waals surface area contributed by atoms with E-state index in [1.807, 2.05) is 25.3 Å². The quantitative estimate of drug-likeness (QED) is 0.698. The van der Waals surface area contributed by atoms with Crippen LogP contribution in [0.1, 0.15) is 12.5 Å². The zero-order valence-corrected chi connectivity index (χ0v) is 9.20. The lowest BCUT2D eigenvalue weighted by atomic mass is 10.3. The number of ether oxygens (including phenoxy) is 1. The van der Waals surface area contributed by atoms with Gasteiger partial charge in [0.1, 0.15) is 11.8 Å². The maximum atomic E-state index is 5.45. The van der Waals surface area contributed by atoms with Gasteiger partial charge in [-0.25, -0.2) is 9.97 Å². The van der Waals surface area contributed by atoms with Gasteiger partial charge in [-0.15, -0.1) is 11.8 Å². The van der Waals surface area contributed by atoms with Gasteiger partial charge in [-0.05, 0) is 13.2 Å². The first kappa shape index (κ1) is 11.2. The molecule has 0 saturated heterocycles. The highest BCUT2D eigenvalue weighted by molar-refractivity contribution is 7.99. The van der Waals surface area contributed by atoms with E-state index in [0.717, 1.165) is 5.56 Å². The van der Waals surface area contributed by atoms with Gasteiger partial charge in [0.25, 0.3) is 0 Å². The molecule has 0 bridgehead atoms. The van der Waals surface area contributed by atoms with Crippen molar-refractivity contribution in [3.05, 3.63) is 30.4 Å². The number of rotatable bonds is 5. The van der Waals surface area contributed by atoms with Crippen LogP contribution in [0.4, 0.5) is 0 Å². The van der Waals surface area contributed by atoms with Crippen molar-refractivity contribution in [3.63, 3.8) is 0 Å². The van der Waals surface area contributed by atoms with E-state index in [-0.39, 0.29) is 5.44 Å². The third-order valence-electron chi connectivity index (χ3n) is 1.65. The van der Waals surface area contributed by atoms with E-state index in [4.69, 9.17) is 4.74 Å². The lowest BCUT2D eigenvalue weighted by Crippen LogP contribution is -2.01. The summed E-state index contributed by atoms with van der Waals surface area (Å²) in [5, 5.41) is 0. The normalized spacial score (nSPS) is 13.3. The highest BCUT2D eigenvalue weighted by Crippen LogP contribution is 2.06. The second-order valence-electron chi connectivity index (χ2n) is 2.71. The minimum atomic E-state index is 0.242. The zero-order valence-electron chi connectivity index (χ0n) is 8.38. The van der Waals surface area contributed by atoms with E-state index in [1.54, 1.807) is 24.2 Å². The molecule has 1 heterocycles. The summed E-state index contributed by atoms with van der Waals surface area (Å²) < 4.78 is 5.45. The van der Waals surface area contributed by atoms with Crippen LogP contribution in [0.3, 0.4) is 0 Å². The molecular formula is C10H14N2OS. The van der Waals surface area contributed by atoms with Crippen molar-refractivity contribution in [2.24, 2.45) is 0 Å². The Balaban J connectivity index is 2.28. The SMILES string of the molecule is CSC(C)OC/C=C/c1cncnc1. The summed E-state index contributed by atoms with van der Waals surface area (Å²) in [6, 6.07) is 0. The standard InChI is InChI=1S/C10H14N2OS/c1-9(14-2)13-5-3-4-10-6-11-8-12-7-10/h3-4,6-9H,5H2,1-2H3/b4-3+. The highest BCUT2D eigenvalue weighted by Gasteiger charge is 1.94. The fourth-order valence-corrected chi connectivity index (χ4v) is 1.05. The van der Waals surface area contributed by atoms with Gasteiger partial charge in [0.05, 0.1) is 6.61 Å². The van der Waals surface area contributed by atoms with Crippen LogP contribution in [-0.2, 0) is 4.74 Å². The Morgan fingerprint density at radius 1 is 1.50 bits per heavy atom. The summed E-state index contributed by atoms with van der Waals surface area (Å²) in [4.78, 5) is 7.81. The third kappa shape index (κ3) is 4.39. The summed E-state index contributed by atoms with van der Waals surface area (Å²) >= 11 is 1.69. The van der Waals surface area contributed by atoms with Crippen molar-refractivity contribution in [2.75, 3.05) is 12.9 Å². The Kier molecular flexibility index (Phi) is 5.25. The molecule has 14 heavy (non-hydrogen) atoms. The Morgan fingerprint density at radius 3 is 2.86 bits per heavy atom. The van der Waals surface area contributed by atoms with Gasteiger partial charge in [-0.1, -0.05) is 12.2 Å². The third-order valence-corrected chi connectivity index (χ3v) is 2.45. The second-order valence-corrected chi connectivity index (χ2v) is 3.85. The fourth-order valence-electron chi connectivity index (χ4n) is 0.840. The molecule has 0 aliphatic rings. The van der Waals surface area contributed by atoms with Gasteiger partial charge in [0.2, 0.25) is 0 Å². The molecule has 1 rings (SSSR count). The summed E-state index contributed by atoms with van der Waals surface area (Å²) in [6.45, 7) is 2.65. The van der Waals surface area contributed by atoms with Crippen molar-refractivity contribution in [1.29, 1.82) is 0 Å². The molecule has 0 aromatic carbocycles. The van der Waals surface area contributed by atoms with Crippen molar-refractivity contribution in [3.8, 4) is 0 Å².